The molecule has 0 aliphatic rings. The van der Waals surface area contributed by atoms with E-state index in [4.69, 9.17) is 32.7 Å². The molecule has 0 aromatic rings. The van der Waals surface area contributed by atoms with E-state index in [9.17, 15) is 0 Å². The summed E-state index contributed by atoms with van der Waals surface area (Å²) in [5, 5.41) is 7.74. The Morgan fingerprint density at radius 2 is 0.524 bits per heavy atom. The van der Waals surface area contributed by atoms with E-state index in [1.807, 2.05) is 0 Å². The van der Waals surface area contributed by atoms with Gasteiger partial charge in [0.05, 0.1) is 0 Å². The molecule has 0 fully saturated rings. The minimum atomic E-state index is -0.632. The second kappa shape index (κ2) is 34.0. The molecule has 0 nitrogen and oxygen atoms in total. The van der Waals surface area contributed by atoms with Gasteiger partial charge in [-0.3, -0.25) is 14.1 Å². The summed E-state index contributed by atoms with van der Waals surface area (Å²) in [6, 6.07) is 0. The number of rotatable bonds is 6. The molecule has 0 aromatic carbocycles. The van der Waals surface area contributed by atoms with Gasteiger partial charge in [0.1, 0.15) is 0 Å². The molecule has 0 aromatic heterocycles. The Hall–Kier alpha value is 2.52. The van der Waals surface area contributed by atoms with E-state index in [1.54, 1.807) is 0 Å². The fraction of sp³-hybridized carbons (Fsp3) is 1.00. The van der Waals surface area contributed by atoms with Gasteiger partial charge in [0, 0.05) is 0 Å². The standard InChI is InChI=1S/3C4H10AsS.3FH/c3*1-3-5(6)4-2;;;/h3*3-4H2,1-2H3;3*1H. The van der Waals surface area contributed by atoms with Gasteiger partial charge in [0.2, 0.25) is 0 Å². The van der Waals surface area contributed by atoms with Crippen molar-refractivity contribution in [1.29, 1.82) is 0 Å². The first-order valence-electron chi connectivity index (χ1n) is 6.69. The van der Waals surface area contributed by atoms with Crippen molar-refractivity contribution >= 4 is 73.2 Å². The average Bonchev–Trinajstić information content (AvgIpc) is 2.45. The van der Waals surface area contributed by atoms with Crippen molar-refractivity contribution in [1.82, 2.24) is 0 Å². The Morgan fingerprint density at radius 3 is 0.524 bits per heavy atom. The Kier molecular flexibility index (Phi) is 62.9. The van der Waals surface area contributed by atoms with E-state index in [0.717, 1.165) is 0 Å². The molecule has 9 heteroatoms. The Bertz CT molecular complexity index is 116. The van der Waals surface area contributed by atoms with Gasteiger partial charge in [-0.2, -0.15) is 0 Å². The summed E-state index contributed by atoms with van der Waals surface area (Å²) >= 11 is -1.90. The molecule has 0 atom stereocenters. The SMILES string of the molecule is CC[As]([S])CC.CC[As]([S])CC.CC[As]([S])CC.F.F.F. The molecule has 0 amide bonds. The molecule has 0 bridgehead atoms. The molecule has 3 radical (unpaired) electrons. The first-order valence-corrected chi connectivity index (χ1v) is 22.6. The minimum Gasteiger partial charge on any atom is -0.269 e. The molecule has 0 unspecified atom stereocenters. The quantitative estimate of drug-likeness (QED) is 0.307. The molecule has 135 valence electrons. The predicted octanol–water partition coefficient (Wildman–Crippen LogP) is 7.10. The molecule has 21 heavy (non-hydrogen) atoms. The minimum absolute atomic E-state index is 0. The summed E-state index contributed by atoms with van der Waals surface area (Å²) < 4.78 is 0. The smallest absolute Gasteiger partial charge is 0.269 e. The Labute approximate surface area is 158 Å². The third-order valence-corrected chi connectivity index (χ3v) is 19.0. The normalized spacial score (nSPS) is 8.57. The zero-order chi connectivity index (χ0) is 15.0. The van der Waals surface area contributed by atoms with Crippen LogP contribution < -0.4 is 0 Å². The number of hydrogen-bond donors (Lipinski definition) is 0. The van der Waals surface area contributed by atoms with Crippen LogP contribution in [0.3, 0.4) is 0 Å². The zero-order valence-electron chi connectivity index (χ0n) is 14.0. The van der Waals surface area contributed by atoms with Crippen LogP contribution in [0.4, 0.5) is 14.1 Å². The summed E-state index contributed by atoms with van der Waals surface area (Å²) in [4.78, 5) is 0. The van der Waals surface area contributed by atoms with Crippen LogP contribution in [0.2, 0.25) is 31.3 Å². The third kappa shape index (κ3) is 45.0. The second-order valence-corrected chi connectivity index (χ2v) is 25.4. The average molecular weight is 555 g/mol. The van der Waals surface area contributed by atoms with Crippen molar-refractivity contribution in [3.05, 3.63) is 0 Å². The molecule has 0 N–H and O–H groups in total. The van der Waals surface area contributed by atoms with E-state index < -0.39 is 40.5 Å². The van der Waals surface area contributed by atoms with Gasteiger partial charge in [-0.25, -0.2) is 0 Å². The maximum atomic E-state index is 5.09. The van der Waals surface area contributed by atoms with Crippen molar-refractivity contribution in [3.63, 3.8) is 0 Å². The topological polar surface area (TPSA) is 0 Å². The molecule has 0 heterocycles. The van der Waals surface area contributed by atoms with Crippen LogP contribution in [-0.2, 0) is 0 Å². The van der Waals surface area contributed by atoms with E-state index in [1.165, 1.54) is 31.3 Å². The monoisotopic (exact) mass is 555 g/mol. The maximum Gasteiger partial charge on any atom is -0.269 e. The fourth-order valence-corrected chi connectivity index (χ4v) is 3.49. The summed E-state index contributed by atoms with van der Waals surface area (Å²) in [5.74, 6) is 0. The molecular formula is C12H33As3F3S3. The van der Waals surface area contributed by atoms with Gasteiger partial charge >= 0.3 is 146 Å². The predicted molar refractivity (Wildman–Crippen MR) is 110 cm³/mol. The summed E-state index contributed by atoms with van der Waals surface area (Å²) in [6.45, 7) is 13.1. The summed E-state index contributed by atoms with van der Waals surface area (Å²) in [6.07, 6.45) is 0. The van der Waals surface area contributed by atoms with Crippen molar-refractivity contribution in [2.24, 2.45) is 0 Å². The van der Waals surface area contributed by atoms with Crippen LogP contribution in [-0.4, -0.2) is 40.5 Å². The van der Waals surface area contributed by atoms with Crippen LogP contribution in [0.5, 0.6) is 0 Å². The second-order valence-electron chi connectivity index (χ2n) is 3.34. The van der Waals surface area contributed by atoms with Crippen LogP contribution >= 0.6 is 32.7 Å². The largest absolute Gasteiger partial charge is 0.269 e. The van der Waals surface area contributed by atoms with Crippen LogP contribution in [0, 0.1) is 0 Å². The van der Waals surface area contributed by atoms with E-state index >= 15 is 0 Å². The maximum absolute atomic E-state index is 5.09. The van der Waals surface area contributed by atoms with Crippen LogP contribution in [0.1, 0.15) is 41.5 Å². The van der Waals surface area contributed by atoms with Crippen molar-refractivity contribution in [2.45, 2.75) is 72.8 Å². The van der Waals surface area contributed by atoms with Gasteiger partial charge in [-0.05, 0) is 0 Å². The zero-order valence-corrected chi connectivity index (χ0v) is 22.1. The van der Waals surface area contributed by atoms with Crippen molar-refractivity contribution in [2.75, 3.05) is 0 Å². The Morgan fingerprint density at radius 1 is 0.429 bits per heavy atom. The van der Waals surface area contributed by atoms with Gasteiger partial charge in [0.15, 0.2) is 0 Å². The number of halogens is 3. The van der Waals surface area contributed by atoms with Gasteiger partial charge in [0.25, 0.3) is 0 Å². The Balaban J connectivity index is -0.0000000375. The third-order valence-electron chi connectivity index (χ3n) is 2.12. The molecule has 0 saturated heterocycles. The molecule has 0 spiro atoms. The van der Waals surface area contributed by atoms with E-state index in [0.29, 0.717) is 0 Å². The van der Waals surface area contributed by atoms with Gasteiger partial charge in [-0.15, -0.1) is 0 Å². The van der Waals surface area contributed by atoms with Crippen LogP contribution in [0.15, 0.2) is 0 Å². The van der Waals surface area contributed by atoms with Crippen LogP contribution in [0.25, 0.3) is 0 Å². The van der Waals surface area contributed by atoms with E-state index in [-0.39, 0.29) is 14.1 Å². The molecule has 0 aliphatic carbocycles. The van der Waals surface area contributed by atoms with Gasteiger partial charge < -0.3 is 0 Å². The van der Waals surface area contributed by atoms with Crippen molar-refractivity contribution < 1.29 is 14.1 Å². The van der Waals surface area contributed by atoms with Gasteiger partial charge in [-0.1, -0.05) is 0 Å². The fourth-order valence-electron chi connectivity index (χ4n) is 0.671. The molecular weight excluding hydrogens is 522 g/mol. The molecule has 0 rings (SSSR count). The summed E-state index contributed by atoms with van der Waals surface area (Å²) in [5.41, 5.74) is 0. The first-order chi connectivity index (χ1) is 8.42. The van der Waals surface area contributed by atoms with E-state index in [2.05, 4.69) is 41.5 Å². The number of hydrogen-bond acceptors (Lipinski definition) is 0. The van der Waals surface area contributed by atoms with Crippen molar-refractivity contribution in [3.8, 4) is 0 Å². The first kappa shape index (κ1) is 38.9. The summed E-state index contributed by atoms with van der Waals surface area (Å²) in [7, 11) is 15.3. The molecule has 0 saturated carbocycles. The molecule has 0 aliphatic heterocycles.